The second kappa shape index (κ2) is 8.07. The van der Waals surface area contributed by atoms with Crippen molar-refractivity contribution in [2.45, 2.75) is 56.6 Å². The molecule has 0 radical (unpaired) electrons. The van der Waals surface area contributed by atoms with Crippen LogP contribution in [0.25, 0.3) is 0 Å². The van der Waals surface area contributed by atoms with Gasteiger partial charge in [0.1, 0.15) is 16.4 Å². The number of hydrogen-bond acceptors (Lipinski definition) is 5. The van der Waals surface area contributed by atoms with Crippen molar-refractivity contribution in [2.24, 2.45) is 5.92 Å². The van der Waals surface area contributed by atoms with Gasteiger partial charge in [0.05, 0.1) is 6.54 Å². The van der Waals surface area contributed by atoms with Gasteiger partial charge in [-0.15, -0.1) is 11.3 Å². The van der Waals surface area contributed by atoms with E-state index in [1.807, 2.05) is 17.6 Å². The number of fused-ring (bicyclic) bond motifs is 1. The maximum absolute atomic E-state index is 12.6. The summed E-state index contributed by atoms with van der Waals surface area (Å²) < 4.78 is 6.59. The van der Waals surface area contributed by atoms with Crippen LogP contribution in [0.4, 0.5) is 0 Å². The average Bonchev–Trinajstić information content (AvgIpc) is 3.43. The highest BCUT2D eigenvalue weighted by molar-refractivity contribution is 7.09. The lowest BCUT2D eigenvalue weighted by molar-refractivity contribution is -0.122. The number of piperidine rings is 1. The highest BCUT2D eigenvalue weighted by atomic mass is 32.1. The fourth-order valence-electron chi connectivity index (χ4n) is 4.75. The zero-order chi connectivity index (χ0) is 19.7. The average molecular weight is 412 g/mol. The highest BCUT2D eigenvalue weighted by Gasteiger charge is 2.43. The molecule has 5 rings (SSSR count). The normalized spacial score (nSPS) is 23.4. The molecule has 1 aliphatic carbocycles. The van der Waals surface area contributed by atoms with Crippen molar-refractivity contribution in [1.29, 1.82) is 0 Å². The fraction of sp³-hybridized carbons (Fsp3) is 0.565. The first-order valence-corrected chi connectivity index (χ1v) is 11.7. The molecule has 1 unspecified atom stereocenters. The molecule has 5 nitrogen and oxygen atoms in total. The van der Waals surface area contributed by atoms with E-state index >= 15 is 0 Å². The summed E-state index contributed by atoms with van der Waals surface area (Å²) in [6.07, 6.45) is 7.93. The number of rotatable bonds is 6. The van der Waals surface area contributed by atoms with Crippen LogP contribution in [0, 0.1) is 5.92 Å². The van der Waals surface area contributed by atoms with Crippen molar-refractivity contribution in [3.63, 3.8) is 0 Å². The quantitative estimate of drug-likeness (QED) is 0.782. The molecule has 1 N–H and O–H groups in total. The molecule has 1 saturated heterocycles. The summed E-state index contributed by atoms with van der Waals surface area (Å²) in [6.45, 7) is 3.81. The zero-order valence-corrected chi connectivity index (χ0v) is 17.6. The van der Waals surface area contributed by atoms with Crippen molar-refractivity contribution in [2.75, 3.05) is 19.6 Å². The molecule has 3 aliphatic rings. The molecule has 0 bridgehead atoms. The molecule has 2 aromatic rings. The van der Waals surface area contributed by atoms with Crippen molar-refractivity contribution < 1.29 is 9.53 Å². The number of amides is 1. The molecule has 2 fully saturated rings. The summed E-state index contributed by atoms with van der Waals surface area (Å²) in [4.78, 5) is 19.5. The second-order valence-electron chi connectivity index (χ2n) is 8.88. The molecule has 6 heteroatoms. The van der Waals surface area contributed by atoms with Crippen molar-refractivity contribution >= 4 is 17.2 Å². The maximum atomic E-state index is 12.6. The molecule has 2 aliphatic heterocycles. The van der Waals surface area contributed by atoms with Crippen molar-refractivity contribution in [1.82, 2.24) is 15.2 Å². The molecule has 29 heavy (non-hydrogen) atoms. The van der Waals surface area contributed by atoms with E-state index in [2.05, 4.69) is 33.4 Å². The van der Waals surface area contributed by atoms with E-state index < -0.39 is 0 Å². The van der Waals surface area contributed by atoms with Gasteiger partial charge in [0.25, 0.3) is 0 Å². The Morgan fingerprint density at radius 2 is 2.10 bits per heavy atom. The number of hydrogen-bond donors (Lipinski definition) is 1. The van der Waals surface area contributed by atoms with Gasteiger partial charge in [-0.3, -0.25) is 9.69 Å². The van der Waals surface area contributed by atoms with Crippen molar-refractivity contribution in [3.05, 3.63) is 46.4 Å². The number of nitrogens with one attached hydrogen (secondary N) is 1. The van der Waals surface area contributed by atoms with Gasteiger partial charge in [0.2, 0.25) is 5.91 Å². The minimum atomic E-state index is -0.144. The molecule has 1 amide bonds. The maximum Gasteiger partial charge on any atom is 0.220 e. The lowest BCUT2D eigenvalue weighted by Crippen LogP contribution is -2.50. The molecule has 154 valence electrons. The van der Waals surface area contributed by atoms with E-state index in [0.717, 1.165) is 57.1 Å². The largest absolute Gasteiger partial charge is 0.487 e. The second-order valence-corrected chi connectivity index (χ2v) is 9.86. The molecule has 1 atom stereocenters. The van der Waals surface area contributed by atoms with Crippen LogP contribution in [0.15, 0.2) is 35.8 Å². The van der Waals surface area contributed by atoms with E-state index in [1.54, 1.807) is 11.3 Å². The standard InChI is InChI=1S/C23H29N3O2S/c27-21(25-15-17-5-6-17)13-18-14-23(28-20-4-2-1-3-19(18)20)7-10-26(11-8-23)16-22-24-9-12-29-22/h1-4,9,12,17-18H,5-8,10-11,13-16H2,(H,25,27). The van der Waals surface area contributed by atoms with E-state index in [9.17, 15) is 4.79 Å². The van der Waals surface area contributed by atoms with Gasteiger partial charge in [-0.2, -0.15) is 0 Å². The lowest BCUT2D eigenvalue weighted by Gasteiger charge is -2.46. The minimum Gasteiger partial charge on any atom is -0.487 e. The number of aromatic nitrogens is 1. The van der Waals surface area contributed by atoms with Crippen LogP contribution < -0.4 is 10.1 Å². The number of likely N-dealkylation sites (tertiary alicyclic amines) is 1. The summed E-state index contributed by atoms with van der Waals surface area (Å²) in [5.41, 5.74) is 1.06. The Labute approximate surface area is 176 Å². The van der Waals surface area contributed by atoms with Crippen LogP contribution >= 0.6 is 11.3 Å². The third kappa shape index (κ3) is 4.48. The Kier molecular flexibility index (Phi) is 5.31. The summed E-state index contributed by atoms with van der Waals surface area (Å²) in [5.74, 6) is 2.13. The molecule has 1 aromatic carbocycles. The third-order valence-electron chi connectivity index (χ3n) is 6.63. The highest BCUT2D eigenvalue weighted by Crippen LogP contribution is 2.46. The van der Waals surface area contributed by atoms with Crippen LogP contribution in [0.1, 0.15) is 55.0 Å². The Balaban J connectivity index is 1.26. The summed E-state index contributed by atoms with van der Waals surface area (Å²) >= 11 is 1.72. The van der Waals surface area contributed by atoms with Crippen LogP contribution in [0.2, 0.25) is 0 Å². The van der Waals surface area contributed by atoms with Crippen LogP contribution in [0.5, 0.6) is 5.75 Å². The molecule has 3 heterocycles. The van der Waals surface area contributed by atoms with E-state index in [0.29, 0.717) is 6.42 Å². The summed E-state index contributed by atoms with van der Waals surface area (Å²) in [6, 6.07) is 8.32. The molecule has 1 spiro atoms. The molecular formula is C23H29N3O2S. The number of carbonyl (C=O) groups is 1. The van der Waals surface area contributed by atoms with Crippen LogP contribution in [-0.4, -0.2) is 41.0 Å². The first kappa shape index (κ1) is 19.1. The Hall–Kier alpha value is -1.92. The molecule has 1 aromatic heterocycles. The van der Waals surface area contributed by atoms with Gasteiger partial charge < -0.3 is 10.1 Å². The number of ether oxygens (including phenoxy) is 1. The number of nitrogens with zero attached hydrogens (tertiary/aromatic N) is 2. The smallest absolute Gasteiger partial charge is 0.220 e. The van der Waals surface area contributed by atoms with Crippen molar-refractivity contribution in [3.8, 4) is 5.75 Å². The fourth-order valence-corrected chi connectivity index (χ4v) is 5.41. The Morgan fingerprint density at radius 3 is 2.86 bits per heavy atom. The van der Waals surface area contributed by atoms with Gasteiger partial charge >= 0.3 is 0 Å². The Bertz CT molecular complexity index is 842. The van der Waals surface area contributed by atoms with E-state index in [4.69, 9.17) is 4.74 Å². The van der Waals surface area contributed by atoms with Crippen LogP contribution in [0.3, 0.4) is 0 Å². The minimum absolute atomic E-state index is 0.144. The number of carbonyl (C=O) groups excluding carboxylic acids is 1. The van der Waals surface area contributed by atoms with Gasteiger partial charge in [-0.25, -0.2) is 4.98 Å². The first-order chi connectivity index (χ1) is 14.2. The van der Waals surface area contributed by atoms with Gasteiger partial charge in [-0.1, -0.05) is 18.2 Å². The molecule has 1 saturated carbocycles. The van der Waals surface area contributed by atoms with Gasteiger partial charge in [-0.05, 0) is 49.7 Å². The first-order valence-electron chi connectivity index (χ1n) is 10.8. The monoisotopic (exact) mass is 411 g/mol. The number of para-hydroxylation sites is 1. The number of benzene rings is 1. The van der Waals surface area contributed by atoms with E-state index in [-0.39, 0.29) is 17.4 Å². The predicted molar refractivity (Wildman–Crippen MR) is 114 cm³/mol. The third-order valence-corrected chi connectivity index (χ3v) is 7.39. The van der Waals surface area contributed by atoms with Crippen LogP contribution in [-0.2, 0) is 11.3 Å². The summed E-state index contributed by atoms with van der Waals surface area (Å²) in [7, 11) is 0. The SMILES string of the molecule is O=C(CC1CC2(CCN(Cc3nccs3)CC2)Oc2ccccc21)NCC1CC1. The van der Waals surface area contributed by atoms with Gasteiger partial charge in [0.15, 0.2) is 0 Å². The topological polar surface area (TPSA) is 54.5 Å². The lowest BCUT2D eigenvalue weighted by atomic mass is 9.76. The summed E-state index contributed by atoms with van der Waals surface area (Å²) in [5, 5.41) is 6.38. The van der Waals surface area contributed by atoms with E-state index in [1.165, 1.54) is 23.4 Å². The Morgan fingerprint density at radius 1 is 1.28 bits per heavy atom. The number of thiazole rings is 1. The predicted octanol–water partition coefficient (Wildman–Crippen LogP) is 3.96. The van der Waals surface area contributed by atoms with Gasteiger partial charge in [0, 0.05) is 43.5 Å². The molecular weight excluding hydrogens is 382 g/mol. The zero-order valence-electron chi connectivity index (χ0n) is 16.8.